The number of amides is 1. The van der Waals surface area contributed by atoms with Crippen LogP contribution < -0.4 is 5.56 Å². The predicted octanol–water partition coefficient (Wildman–Crippen LogP) is 1.05. The molecule has 1 fully saturated rings. The number of nitrogens with one attached hydrogen (secondary N) is 1. The maximum Gasteiger partial charge on any atom is 0.264 e. The molecule has 0 radical (unpaired) electrons. The molecule has 18 heavy (non-hydrogen) atoms. The molecule has 94 valence electrons. The van der Waals surface area contributed by atoms with Gasteiger partial charge in [-0.25, -0.2) is 5.10 Å². The van der Waals surface area contributed by atoms with Crippen molar-refractivity contribution < 1.29 is 4.79 Å². The molecule has 3 heterocycles. The van der Waals surface area contributed by atoms with Crippen molar-refractivity contribution in [3.63, 3.8) is 0 Å². The lowest BCUT2D eigenvalue weighted by Crippen LogP contribution is -2.49. The van der Waals surface area contributed by atoms with Gasteiger partial charge >= 0.3 is 0 Å². The number of hydrogen-bond donors (Lipinski definition) is 1. The van der Waals surface area contributed by atoms with Crippen molar-refractivity contribution in [2.45, 2.75) is 22.1 Å². The molecule has 1 aromatic rings. The van der Waals surface area contributed by atoms with E-state index in [-0.39, 0.29) is 11.5 Å². The predicted molar refractivity (Wildman–Crippen MR) is 71.4 cm³/mol. The molecule has 7 heteroatoms. The van der Waals surface area contributed by atoms with Gasteiger partial charge in [-0.2, -0.15) is 5.10 Å². The Bertz CT molecular complexity index is 537. The molecule has 0 bridgehead atoms. The fourth-order valence-corrected chi connectivity index (χ4v) is 4.17. The Balaban J connectivity index is 1.56. The second-order valence-electron chi connectivity index (χ2n) is 4.05. The number of hydrogen-bond acceptors (Lipinski definition) is 5. The zero-order chi connectivity index (χ0) is 12.5. The van der Waals surface area contributed by atoms with Gasteiger partial charge in [0, 0.05) is 23.3 Å². The lowest BCUT2D eigenvalue weighted by molar-refractivity contribution is -0.137. The third-order valence-corrected chi connectivity index (χ3v) is 5.43. The van der Waals surface area contributed by atoms with Crippen LogP contribution in [-0.2, 0) is 4.79 Å². The molecule has 3 rings (SSSR count). The van der Waals surface area contributed by atoms with Gasteiger partial charge in [-0.3, -0.25) is 9.59 Å². The van der Waals surface area contributed by atoms with E-state index in [0.29, 0.717) is 17.0 Å². The SMILES string of the molecule is O=C1C[C@H]2SC(CSc3ccc(=O)[nH]n3)C=CN12. The minimum absolute atomic E-state index is 0.185. The quantitative estimate of drug-likeness (QED) is 0.662. The number of carbonyl (C=O) groups is 1. The molecule has 2 atom stereocenters. The van der Waals surface area contributed by atoms with E-state index < -0.39 is 0 Å². The summed E-state index contributed by atoms with van der Waals surface area (Å²) in [4.78, 5) is 23.8. The average Bonchev–Trinajstić information content (AvgIpc) is 2.37. The van der Waals surface area contributed by atoms with Crippen LogP contribution in [0, 0.1) is 0 Å². The van der Waals surface area contributed by atoms with Gasteiger partial charge in [-0.1, -0.05) is 6.08 Å². The number of thioether (sulfide) groups is 2. The van der Waals surface area contributed by atoms with Crippen LogP contribution in [0.5, 0.6) is 0 Å². The Morgan fingerprint density at radius 1 is 1.50 bits per heavy atom. The number of aromatic amines is 1. The molecule has 0 saturated carbocycles. The van der Waals surface area contributed by atoms with Gasteiger partial charge in [0.15, 0.2) is 0 Å². The number of nitrogens with zero attached hydrogens (tertiary/aromatic N) is 2. The Morgan fingerprint density at radius 3 is 3.06 bits per heavy atom. The lowest BCUT2D eigenvalue weighted by atomic mass is 10.2. The number of β-lactam (4-membered cyclic amide) rings is 1. The van der Waals surface area contributed by atoms with Crippen molar-refractivity contribution in [1.29, 1.82) is 0 Å². The number of fused-ring (bicyclic) bond motifs is 1. The van der Waals surface area contributed by atoms with Crippen molar-refractivity contribution in [1.82, 2.24) is 15.1 Å². The molecule has 0 spiro atoms. The van der Waals surface area contributed by atoms with E-state index >= 15 is 0 Å². The van der Waals surface area contributed by atoms with Gasteiger partial charge in [0.25, 0.3) is 5.56 Å². The first kappa shape index (κ1) is 11.9. The molecule has 2 aliphatic rings. The molecule has 1 unspecified atom stereocenters. The molecule has 1 amide bonds. The van der Waals surface area contributed by atoms with E-state index in [4.69, 9.17) is 0 Å². The average molecular weight is 281 g/mol. The van der Waals surface area contributed by atoms with Crippen LogP contribution in [-0.4, -0.2) is 37.4 Å². The zero-order valence-electron chi connectivity index (χ0n) is 9.41. The highest BCUT2D eigenvalue weighted by molar-refractivity contribution is 8.03. The van der Waals surface area contributed by atoms with Crippen LogP contribution in [0.2, 0.25) is 0 Å². The van der Waals surface area contributed by atoms with Crippen LogP contribution >= 0.6 is 23.5 Å². The second kappa shape index (κ2) is 4.81. The second-order valence-corrected chi connectivity index (χ2v) is 6.51. The summed E-state index contributed by atoms with van der Waals surface area (Å²) in [5.41, 5.74) is -0.185. The molecule has 2 aliphatic heterocycles. The number of rotatable bonds is 3. The van der Waals surface area contributed by atoms with Crippen LogP contribution in [0.25, 0.3) is 0 Å². The van der Waals surface area contributed by atoms with Crippen molar-refractivity contribution in [2.24, 2.45) is 0 Å². The Kier molecular flexibility index (Phi) is 3.17. The molecular formula is C11H11N3O2S2. The summed E-state index contributed by atoms with van der Waals surface area (Å²) in [6.07, 6.45) is 4.59. The standard InChI is InChI=1S/C11H11N3O2S2/c15-8-1-2-9(13-12-8)17-6-7-3-4-14-10(16)5-11(14)18-7/h1-4,7,11H,5-6H2,(H,12,15)/t7?,11-/m1/s1. The fourth-order valence-electron chi connectivity index (χ4n) is 1.80. The van der Waals surface area contributed by atoms with Gasteiger partial charge < -0.3 is 4.90 Å². The first-order chi connectivity index (χ1) is 8.72. The Hall–Kier alpha value is -1.21. The van der Waals surface area contributed by atoms with Crippen molar-refractivity contribution in [3.05, 3.63) is 34.8 Å². The topological polar surface area (TPSA) is 66.1 Å². The highest BCUT2D eigenvalue weighted by Gasteiger charge is 2.38. The zero-order valence-corrected chi connectivity index (χ0v) is 11.0. The third-order valence-electron chi connectivity index (χ3n) is 2.79. The highest BCUT2D eigenvalue weighted by atomic mass is 32.2. The molecule has 1 saturated heterocycles. The van der Waals surface area contributed by atoms with Crippen molar-refractivity contribution in [2.75, 3.05) is 5.75 Å². The summed E-state index contributed by atoms with van der Waals surface area (Å²) in [5.74, 6) is 1.09. The first-order valence-corrected chi connectivity index (χ1v) is 7.49. The van der Waals surface area contributed by atoms with Gasteiger partial charge in [-0.15, -0.1) is 23.5 Å². The van der Waals surface area contributed by atoms with E-state index in [2.05, 4.69) is 16.3 Å². The molecule has 1 aromatic heterocycles. The molecule has 1 N–H and O–H groups in total. The van der Waals surface area contributed by atoms with Crippen LogP contribution in [0.3, 0.4) is 0 Å². The summed E-state index contributed by atoms with van der Waals surface area (Å²) >= 11 is 3.41. The lowest BCUT2D eigenvalue weighted by Gasteiger charge is -2.41. The van der Waals surface area contributed by atoms with E-state index in [0.717, 1.165) is 10.8 Å². The first-order valence-electron chi connectivity index (χ1n) is 5.56. The largest absolute Gasteiger partial charge is 0.306 e. The highest BCUT2D eigenvalue weighted by Crippen LogP contribution is 2.38. The van der Waals surface area contributed by atoms with Crippen LogP contribution in [0.4, 0.5) is 0 Å². The maximum atomic E-state index is 11.2. The summed E-state index contributed by atoms with van der Waals surface area (Å²) < 4.78 is 0. The summed E-state index contributed by atoms with van der Waals surface area (Å²) in [7, 11) is 0. The van der Waals surface area contributed by atoms with E-state index in [1.807, 2.05) is 6.20 Å². The Morgan fingerprint density at radius 2 is 2.39 bits per heavy atom. The maximum absolute atomic E-state index is 11.2. The smallest absolute Gasteiger partial charge is 0.264 e. The van der Waals surface area contributed by atoms with Crippen LogP contribution in [0.1, 0.15) is 6.42 Å². The van der Waals surface area contributed by atoms with E-state index in [9.17, 15) is 9.59 Å². The van der Waals surface area contributed by atoms with E-state index in [1.165, 1.54) is 6.07 Å². The Labute approximate surface area is 112 Å². The number of aromatic nitrogens is 2. The third kappa shape index (κ3) is 2.32. The summed E-state index contributed by atoms with van der Waals surface area (Å²) in [6, 6.07) is 3.20. The van der Waals surface area contributed by atoms with Gasteiger partial charge in [0.2, 0.25) is 5.91 Å². The minimum Gasteiger partial charge on any atom is -0.306 e. The monoisotopic (exact) mass is 281 g/mol. The number of carbonyl (C=O) groups excluding carboxylic acids is 1. The van der Waals surface area contributed by atoms with Gasteiger partial charge in [0.1, 0.15) is 5.03 Å². The molecule has 5 nitrogen and oxygen atoms in total. The van der Waals surface area contributed by atoms with Crippen molar-refractivity contribution >= 4 is 29.4 Å². The fraction of sp³-hybridized carbons (Fsp3) is 0.364. The molecule has 0 aliphatic carbocycles. The normalized spacial score (nSPS) is 25.8. The van der Waals surface area contributed by atoms with Gasteiger partial charge in [-0.05, 0) is 6.07 Å². The number of H-pyrrole nitrogens is 1. The van der Waals surface area contributed by atoms with E-state index in [1.54, 1.807) is 34.5 Å². The van der Waals surface area contributed by atoms with Crippen LogP contribution in [0.15, 0.2) is 34.2 Å². The molecule has 0 aromatic carbocycles. The van der Waals surface area contributed by atoms with Crippen molar-refractivity contribution in [3.8, 4) is 0 Å². The minimum atomic E-state index is -0.185. The summed E-state index contributed by atoms with van der Waals surface area (Å²) in [6.45, 7) is 0. The summed E-state index contributed by atoms with van der Waals surface area (Å²) in [5, 5.41) is 7.89. The molecular weight excluding hydrogens is 270 g/mol. The van der Waals surface area contributed by atoms with Gasteiger partial charge in [0.05, 0.1) is 11.8 Å².